The predicted molar refractivity (Wildman–Crippen MR) is 87.3 cm³/mol. The lowest BCUT2D eigenvalue weighted by atomic mass is 10.1. The Morgan fingerprint density at radius 1 is 1.00 bits per heavy atom. The largest absolute Gasteiger partial charge is 0.333 e. The van der Waals surface area contributed by atoms with Gasteiger partial charge in [0.25, 0.3) is 0 Å². The number of nitrogens with zero attached hydrogens (tertiary/aromatic N) is 1. The van der Waals surface area contributed by atoms with Crippen molar-refractivity contribution >= 4 is 17.5 Å². The fraction of sp³-hybridized carbons (Fsp3) is 0.222. The third kappa shape index (κ3) is 5.34. The minimum absolute atomic E-state index is 0.0847. The molecule has 25 heavy (non-hydrogen) atoms. The van der Waals surface area contributed by atoms with E-state index in [1.165, 1.54) is 24.0 Å². The molecule has 0 aliphatic carbocycles. The minimum Gasteiger partial charge on any atom is -0.333 e. The number of rotatable bonds is 6. The lowest BCUT2D eigenvalue weighted by Gasteiger charge is -2.20. The minimum atomic E-state index is -1.08. The molecule has 0 aliphatic heterocycles. The molecule has 2 rings (SSSR count). The Morgan fingerprint density at radius 3 is 2.36 bits per heavy atom. The van der Waals surface area contributed by atoms with Crippen LogP contribution >= 0.6 is 0 Å². The van der Waals surface area contributed by atoms with Gasteiger partial charge in [0.2, 0.25) is 11.8 Å². The molecule has 2 aromatic rings. The van der Waals surface area contributed by atoms with E-state index in [1.807, 2.05) is 0 Å². The molecule has 0 bridgehead atoms. The molecule has 0 unspecified atom stereocenters. The Kier molecular flexibility index (Phi) is 6.16. The van der Waals surface area contributed by atoms with Gasteiger partial charge in [0, 0.05) is 25.2 Å². The van der Waals surface area contributed by atoms with Crippen molar-refractivity contribution in [2.75, 3.05) is 18.4 Å². The van der Waals surface area contributed by atoms with Crippen LogP contribution in [0.5, 0.6) is 0 Å². The Balaban J connectivity index is 1.96. The van der Waals surface area contributed by atoms with Gasteiger partial charge in [-0.1, -0.05) is 18.2 Å². The van der Waals surface area contributed by atoms with Gasteiger partial charge in [0.05, 0.1) is 6.54 Å². The first kappa shape index (κ1) is 18.5. The van der Waals surface area contributed by atoms with E-state index in [2.05, 4.69) is 5.32 Å². The molecule has 0 atom stereocenters. The number of benzene rings is 2. The van der Waals surface area contributed by atoms with Crippen molar-refractivity contribution in [1.82, 2.24) is 4.90 Å². The van der Waals surface area contributed by atoms with Crippen molar-refractivity contribution in [3.63, 3.8) is 0 Å². The molecule has 2 amide bonds. The summed E-state index contributed by atoms with van der Waals surface area (Å²) < 4.78 is 39.6. The van der Waals surface area contributed by atoms with E-state index in [4.69, 9.17) is 0 Å². The number of nitrogens with one attached hydrogen (secondary N) is 1. The van der Waals surface area contributed by atoms with Gasteiger partial charge in [-0.05, 0) is 30.2 Å². The summed E-state index contributed by atoms with van der Waals surface area (Å²) in [4.78, 5) is 24.9. The maximum atomic E-state index is 13.6. The normalized spacial score (nSPS) is 10.4. The zero-order valence-corrected chi connectivity index (χ0v) is 13.6. The number of carbonyl (C=O) groups is 2. The summed E-state index contributed by atoms with van der Waals surface area (Å²) in [6.45, 7) is 1.18. The highest BCUT2D eigenvalue weighted by molar-refractivity contribution is 5.94. The Bertz CT molecular complexity index is 781. The second-order valence-electron chi connectivity index (χ2n) is 5.46. The standard InChI is InChI=1S/C18H17F3N2O2/c1-12(24)23(9-8-13-4-2-3-5-15(13)19)11-18(25)22-14-6-7-16(20)17(21)10-14/h2-7,10H,8-9,11H2,1H3,(H,22,25). The van der Waals surface area contributed by atoms with Crippen LogP contribution in [0.4, 0.5) is 18.9 Å². The zero-order chi connectivity index (χ0) is 18.4. The SMILES string of the molecule is CC(=O)N(CCc1ccccc1F)CC(=O)Nc1ccc(F)c(F)c1. The number of amides is 2. The molecular weight excluding hydrogens is 333 g/mol. The lowest BCUT2D eigenvalue weighted by molar-refractivity contribution is -0.132. The fourth-order valence-electron chi connectivity index (χ4n) is 2.25. The first-order chi connectivity index (χ1) is 11.9. The van der Waals surface area contributed by atoms with E-state index >= 15 is 0 Å². The highest BCUT2D eigenvalue weighted by Gasteiger charge is 2.15. The number of halogens is 3. The number of hydrogen-bond donors (Lipinski definition) is 1. The first-order valence-corrected chi connectivity index (χ1v) is 7.60. The van der Waals surface area contributed by atoms with Gasteiger partial charge in [-0.15, -0.1) is 0 Å². The predicted octanol–water partition coefficient (Wildman–Crippen LogP) is 3.13. The second kappa shape index (κ2) is 8.32. The average molecular weight is 350 g/mol. The van der Waals surface area contributed by atoms with Crippen molar-refractivity contribution in [3.05, 3.63) is 65.5 Å². The summed E-state index contributed by atoms with van der Waals surface area (Å²) in [5.41, 5.74) is 0.524. The van der Waals surface area contributed by atoms with E-state index in [-0.39, 0.29) is 36.9 Å². The molecular formula is C18H17F3N2O2. The number of anilines is 1. The summed E-state index contributed by atoms with van der Waals surface area (Å²) in [6.07, 6.45) is 0.255. The Hall–Kier alpha value is -2.83. The lowest BCUT2D eigenvalue weighted by Crippen LogP contribution is -2.38. The van der Waals surface area contributed by atoms with Gasteiger partial charge in [-0.2, -0.15) is 0 Å². The smallest absolute Gasteiger partial charge is 0.243 e. The maximum Gasteiger partial charge on any atom is 0.243 e. The first-order valence-electron chi connectivity index (χ1n) is 7.60. The van der Waals surface area contributed by atoms with Gasteiger partial charge in [-0.25, -0.2) is 13.2 Å². The van der Waals surface area contributed by atoms with E-state index in [9.17, 15) is 22.8 Å². The van der Waals surface area contributed by atoms with Crippen LogP contribution in [0.15, 0.2) is 42.5 Å². The van der Waals surface area contributed by atoms with E-state index in [0.717, 1.165) is 12.1 Å². The molecule has 0 spiro atoms. The molecule has 0 saturated heterocycles. The summed E-state index contributed by atoms with van der Waals surface area (Å²) in [7, 11) is 0. The van der Waals surface area contributed by atoms with E-state index in [0.29, 0.717) is 5.56 Å². The van der Waals surface area contributed by atoms with Crippen LogP contribution in [-0.2, 0) is 16.0 Å². The highest BCUT2D eigenvalue weighted by Crippen LogP contribution is 2.13. The Labute approximate surface area is 143 Å². The van der Waals surface area contributed by atoms with E-state index < -0.39 is 17.5 Å². The summed E-state index contributed by atoms with van der Waals surface area (Å²) in [5, 5.41) is 2.39. The van der Waals surface area contributed by atoms with Crippen molar-refractivity contribution in [3.8, 4) is 0 Å². The highest BCUT2D eigenvalue weighted by atomic mass is 19.2. The zero-order valence-electron chi connectivity index (χ0n) is 13.6. The quantitative estimate of drug-likeness (QED) is 0.870. The molecule has 0 heterocycles. The van der Waals surface area contributed by atoms with Crippen LogP contribution in [0, 0.1) is 17.5 Å². The van der Waals surface area contributed by atoms with Crippen molar-refractivity contribution < 1.29 is 22.8 Å². The van der Waals surface area contributed by atoms with Gasteiger partial charge in [0.15, 0.2) is 11.6 Å². The number of hydrogen-bond acceptors (Lipinski definition) is 2. The van der Waals surface area contributed by atoms with Crippen molar-refractivity contribution in [2.45, 2.75) is 13.3 Å². The van der Waals surface area contributed by atoms with Crippen LogP contribution in [0.3, 0.4) is 0 Å². The average Bonchev–Trinajstić information content (AvgIpc) is 2.56. The topological polar surface area (TPSA) is 49.4 Å². The molecule has 132 valence electrons. The molecule has 7 heteroatoms. The van der Waals surface area contributed by atoms with Crippen LogP contribution in [0.2, 0.25) is 0 Å². The Morgan fingerprint density at radius 2 is 1.72 bits per heavy atom. The van der Waals surface area contributed by atoms with Crippen molar-refractivity contribution in [1.29, 1.82) is 0 Å². The van der Waals surface area contributed by atoms with Crippen LogP contribution in [-0.4, -0.2) is 29.8 Å². The van der Waals surface area contributed by atoms with Crippen LogP contribution in [0.1, 0.15) is 12.5 Å². The molecule has 0 saturated carbocycles. The van der Waals surface area contributed by atoms with Gasteiger partial charge >= 0.3 is 0 Å². The molecule has 0 radical (unpaired) electrons. The summed E-state index contributed by atoms with van der Waals surface area (Å²) in [6, 6.07) is 9.14. The molecule has 0 aromatic heterocycles. The van der Waals surface area contributed by atoms with Gasteiger partial charge in [-0.3, -0.25) is 9.59 Å². The van der Waals surface area contributed by atoms with Gasteiger partial charge < -0.3 is 10.2 Å². The molecule has 2 aromatic carbocycles. The third-order valence-corrected chi connectivity index (χ3v) is 3.59. The monoisotopic (exact) mass is 350 g/mol. The third-order valence-electron chi connectivity index (χ3n) is 3.59. The second-order valence-corrected chi connectivity index (χ2v) is 5.46. The fourth-order valence-corrected chi connectivity index (χ4v) is 2.25. The van der Waals surface area contributed by atoms with Gasteiger partial charge in [0.1, 0.15) is 5.82 Å². The molecule has 0 aliphatic rings. The summed E-state index contributed by atoms with van der Waals surface area (Å²) >= 11 is 0. The number of carbonyl (C=O) groups excluding carboxylic acids is 2. The van der Waals surface area contributed by atoms with Crippen molar-refractivity contribution in [2.24, 2.45) is 0 Å². The molecule has 0 fully saturated rings. The van der Waals surface area contributed by atoms with Crippen LogP contribution in [0.25, 0.3) is 0 Å². The van der Waals surface area contributed by atoms with Crippen LogP contribution < -0.4 is 5.32 Å². The maximum absolute atomic E-state index is 13.6. The summed E-state index contributed by atoms with van der Waals surface area (Å²) in [5.74, 6) is -3.39. The van der Waals surface area contributed by atoms with E-state index in [1.54, 1.807) is 18.2 Å². The molecule has 1 N–H and O–H groups in total. The molecule has 4 nitrogen and oxygen atoms in total.